The van der Waals surface area contributed by atoms with Crippen molar-refractivity contribution in [2.24, 2.45) is 0 Å². The summed E-state index contributed by atoms with van der Waals surface area (Å²) in [5.41, 5.74) is 3.82. The van der Waals surface area contributed by atoms with Gasteiger partial charge >= 0.3 is 0 Å². The maximum atomic E-state index is 8.94. The van der Waals surface area contributed by atoms with E-state index in [-0.39, 0.29) is 10.7 Å². The summed E-state index contributed by atoms with van der Waals surface area (Å²) in [6.45, 7) is 0. The molecule has 1 nitrogen and oxygen atoms in total. The Morgan fingerprint density at radius 1 is 0.679 bits per heavy atom. The molecule has 0 heterocycles. The minimum absolute atomic E-state index is 0.151. The van der Waals surface area contributed by atoms with Crippen molar-refractivity contribution >= 4 is 12.6 Å². The number of hydrogen-bond donors (Lipinski definition) is 1. The van der Waals surface area contributed by atoms with Crippen LogP contribution in [-0.2, 0) is 5.41 Å². The highest BCUT2D eigenvalue weighted by Gasteiger charge is 2.35. The molecule has 0 amide bonds. The van der Waals surface area contributed by atoms with E-state index in [1.54, 1.807) is 0 Å². The van der Waals surface area contributed by atoms with Crippen molar-refractivity contribution in [1.29, 1.82) is 5.26 Å². The predicted molar refractivity (Wildman–Crippen MR) is 121 cm³/mol. The molecule has 0 fully saturated rings. The molecule has 0 saturated carbocycles. The summed E-state index contributed by atoms with van der Waals surface area (Å²) in [7, 11) is 0. The lowest BCUT2D eigenvalue weighted by atomic mass is 9.66. The first-order valence-corrected chi connectivity index (χ1v) is 10.5. The number of benzene rings is 3. The van der Waals surface area contributed by atoms with Gasteiger partial charge in [0.2, 0.25) is 0 Å². The highest BCUT2D eigenvalue weighted by Crippen LogP contribution is 2.43. The summed E-state index contributed by atoms with van der Waals surface area (Å²) in [6.07, 6.45) is 5.14. The molecule has 1 unspecified atom stereocenters. The highest BCUT2D eigenvalue weighted by atomic mass is 32.1. The molecule has 0 aliphatic heterocycles. The first-order chi connectivity index (χ1) is 13.8. The summed E-state index contributed by atoms with van der Waals surface area (Å²) in [4.78, 5) is 0. The van der Waals surface area contributed by atoms with Crippen LogP contribution in [-0.4, -0.2) is 5.25 Å². The SMILES string of the molecule is N#CC(S)CCCCCC(c1ccccc1)(c1ccccc1)c1ccccc1. The van der Waals surface area contributed by atoms with E-state index in [4.69, 9.17) is 5.26 Å². The summed E-state index contributed by atoms with van der Waals surface area (Å²) in [6, 6.07) is 34.8. The van der Waals surface area contributed by atoms with Gasteiger partial charge in [0.25, 0.3) is 0 Å². The maximum absolute atomic E-state index is 8.94. The van der Waals surface area contributed by atoms with Gasteiger partial charge in [0.05, 0.1) is 11.3 Å². The zero-order valence-corrected chi connectivity index (χ0v) is 17.1. The molecule has 0 spiro atoms. The van der Waals surface area contributed by atoms with Crippen LogP contribution in [0, 0.1) is 11.3 Å². The third-order valence-corrected chi connectivity index (χ3v) is 5.85. The second kappa shape index (κ2) is 10.2. The second-order valence-electron chi connectivity index (χ2n) is 7.25. The third-order valence-electron chi connectivity index (χ3n) is 5.48. The van der Waals surface area contributed by atoms with Crippen LogP contribution in [0.5, 0.6) is 0 Å². The molecule has 142 valence electrons. The molecule has 3 aromatic carbocycles. The standard InChI is InChI=1S/C26H27NS/c27-21-25(28)19-11-4-12-20-26(22-13-5-1-6-14-22,23-15-7-2-8-16-23)24-17-9-3-10-18-24/h1-3,5-10,13-18,25,28H,4,11-12,19-20H2. The van der Waals surface area contributed by atoms with Gasteiger partial charge in [-0.15, -0.1) is 0 Å². The Labute approximate surface area is 174 Å². The van der Waals surface area contributed by atoms with Gasteiger partial charge < -0.3 is 0 Å². The van der Waals surface area contributed by atoms with Crippen LogP contribution in [0.2, 0.25) is 0 Å². The molecule has 3 rings (SSSR count). The van der Waals surface area contributed by atoms with Gasteiger partial charge in [0, 0.05) is 5.41 Å². The predicted octanol–water partition coefficient (Wildman–Crippen LogP) is 6.79. The number of rotatable bonds is 9. The van der Waals surface area contributed by atoms with Crippen molar-refractivity contribution in [3.63, 3.8) is 0 Å². The number of nitrogens with zero attached hydrogens (tertiary/aromatic N) is 1. The fraction of sp³-hybridized carbons (Fsp3) is 0.269. The number of hydrogen-bond acceptors (Lipinski definition) is 2. The molecular weight excluding hydrogens is 358 g/mol. The monoisotopic (exact) mass is 385 g/mol. The summed E-state index contributed by atoms with van der Waals surface area (Å²) < 4.78 is 0. The Morgan fingerprint density at radius 2 is 1.11 bits per heavy atom. The maximum Gasteiger partial charge on any atom is 0.0887 e. The Kier molecular flexibility index (Phi) is 7.34. The molecule has 1 atom stereocenters. The van der Waals surface area contributed by atoms with Crippen molar-refractivity contribution in [2.45, 2.75) is 42.8 Å². The number of unbranched alkanes of at least 4 members (excludes halogenated alkanes) is 2. The molecule has 28 heavy (non-hydrogen) atoms. The van der Waals surface area contributed by atoms with E-state index in [0.717, 1.165) is 32.1 Å². The van der Waals surface area contributed by atoms with Crippen LogP contribution in [0.4, 0.5) is 0 Å². The smallest absolute Gasteiger partial charge is 0.0887 e. The lowest BCUT2D eigenvalue weighted by Crippen LogP contribution is -2.29. The summed E-state index contributed by atoms with van der Waals surface area (Å²) in [5.74, 6) is 0. The highest BCUT2D eigenvalue weighted by molar-refractivity contribution is 7.81. The van der Waals surface area contributed by atoms with Crippen molar-refractivity contribution in [3.05, 3.63) is 108 Å². The topological polar surface area (TPSA) is 23.8 Å². The third kappa shape index (κ3) is 4.66. The van der Waals surface area contributed by atoms with Gasteiger partial charge in [-0.25, -0.2) is 0 Å². The molecule has 0 aliphatic carbocycles. The lowest BCUT2D eigenvalue weighted by Gasteiger charge is -2.36. The zero-order valence-electron chi connectivity index (χ0n) is 16.2. The lowest BCUT2D eigenvalue weighted by molar-refractivity contribution is 0.505. The Balaban J connectivity index is 1.96. The molecule has 3 aromatic rings. The molecule has 0 radical (unpaired) electrons. The van der Waals surface area contributed by atoms with E-state index in [1.807, 2.05) is 0 Å². The number of nitriles is 1. The van der Waals surface area contributed by atoms with Crippen molar-refractivity contribution < 1.29 is 0 Å². The number of thiol groups is 1. The van der Waals surface area contributed by atoms with E-state index >= 15 is 0 Å². The largest absolute Gasteiger partial charge is 0.197 e. The molecular formula is C26H27NS. The molecule has 0 N–H and O–H groups in total. The van der Waals surface area contributed by atoms with Crippen LogP contribution < -0.4 is 0 Å². The van der Waals surface area contributed by atoms with Gasteiger partial charge in [-0.1, -0.05) is 110 Å². The average Bonchev–Trinajstić information content (AvgIpc) is 2.78. The van der Waals surface area contributed by atoms with Crippen molar-refractivity contribution in [1.82, 2.24) is 0 Å². The first kappa shape index (κ1) is 20.2. The first-order valence-electron chi connectivity index (χ1n) is 10.0. The van der Waals surface area contributed by atoms with Crippen LogP contribution in [0.1, 0.15) is 48.8 Å². The zero-order chi connectivity index (χ0) is 19.7. The Hall–Kier alpha value is -2.50. The van der Waals surface area contributed by atoms with E-state index < -0.39 is 0 Å². The fourth-order valence-electron chi connectivity index (χ4n) is 4.07. The molecule has 0 aromatic heterocycles. The van der Waals surface area contributed by atoms with Crippen LogP contribution in [0.15, 0.2) is 91.0 Å². The van der Waals surface area contributed by atoms with Crippen LogP contribution in [0.3, 0.4) is 0 Å². The Morgan fingerprint density at radius 3 is 1.50 bits per heavy atom. The van der Waals surface area contributed by atoms with E-state index in [9.17, 15) is 0 Å². The van der Waals surface area contributed by atoms with E-state index in [2.05, 4.69) is 110 Å². The van der Waals surface area contributed by atoms with Crippen molar-refractivity contribution in [2.75, 3.05) is 0 Å². The van der Waals surface area contributed by atoms with E-state index in [1.165, 1.54) is 16.7 Å². The molecule has 0 aliphatic rings. The van der Waals surface area contributed by atoms with Gasteiger partial charge in [-0.3, -0.25) is 0 Å². The second-order valence-corrected chi connectivity index (χ2v) is 7.87. The minimum Gasteiger partial charge on any atom is -0.197 e. The molecule has 2 heteroatoms. The summed E-state index contributed by atoms with van der Waals surface area (Å²) >= 11 is 4.30. The van der Waals surface area contributed by atoms with Crippen molar-refractivity contribution in [3.8, 4) is 6.07 Å². The van der Waals surface area contributed by atoms with E-state index in [0.29, 0.717) is 0 Å². The Bertz CT molecular complexity index is 772. The van der Waals surface area contributed by atoms with Crippen LogP contribution >= 0.6 is 12.6 Å². The quantitative estimate of drug-likeness (QED) is 0.245. The van der Waals surface area contributed by atoms with Gasteiger partial charge in [0.1, 0.15) is 0 Å². The van der Waals surface area contributed by atoms with Gasteiger partial charge in [-0.2, -0.15) is 17.9 Å². The molecule has 0 saturated heterocycles. The van der Waals surface area contributed by atoms with Crippen LogP contribution in [0.25, 0.3) is 0 Å². The van der Waals surface area contributed by atoms with Gasteiger partial charge in [-0.05, 0) is 29.5 Å². The minimum atomic E-state index is -0.167. The molecule has 0 bridgehead atoms. The fourth-order valence-corrected chi connectivity index (χ4v) is 4.25. The average molecular weight is 386 g/mol. The summed E-state index contributed by atoms with van der Waals surface area (Å²) in [5, 5.41) is 8.79. The van der Waals surface area contributed by atoms with Gasteiger partial charge in [0.15, 0.2) is 0 Å². The normalized spacial score (nSPS) is 12.3.